The van der Waals surface area contributed by atoms with Gasteiger partial charge in [-0.2, -0.15) is 0 Å². The summed E-state index contributed by atoms with van der Waals surface area (Å²) in [6, 6.07) is 33.2. The molecule has 0 fully saturated rings. The number of rotatable bonds is 2. The van der Waals surface area contributed by atoms with E-state index in [0.717, 1.165) is 52.4 Å². The summed E-state index contributed by atoms with van der Waals surface area (Å²) in [6.07, 6.45) is 10.5. The van der Waals surface area contributed by atoms with Crippen LogP contribution in [0, 0.1) is 0 Å². The fourth-order valence-corrected chi connectivity index (χ4v) is 13.2. The van der Waals surface area contributed by atoms with Crippen LogP contribution in [0.5, 0.6) is 0 Å². The van der Waals surface area contributed by atoms with E-state index in [4.69, 9.17) is 8.83 Å². The minimum atomic E-state index is -0.0827. The third-order valence-electron chi connectivity index (χ3n) is 17.4. The maximum Gasteiger partial charge on any atom is 0.292 e. The number of benzene rings is 5. The Morgan fingerprint density at radius 1 is 0.597 bits per heavy atom. The second kappa shape index (κ2) is 13.6. The number of allylic oxidation sites excluding steroid dienone is 1. The van der Waals surface area contributed by atoms with Crippen molar-refractivity contribution >= 4 is 73.5 Å². The number of furan rings is 2. The van der Waals surface area contributed by atoms with Crippen molar-refractivity contribution in [3.63, 3.8) is 0 Å². The predicted molar refractivity (Wildman–Crippen MR) is 285 cm³/mol. The highest BCUT2D eigenvalue weighted by Gasteiger charge is 2.52. The van der Waals surface area contributed by atoms with Gasteiger partial charge in [0, 0.05) is 33.4 Å². The van der Waals surface area contributed by atoms with Gasteiger partial charge in [0.1, 0.15) is 16.7 Å². The van der Waals surface area contributed by atoms with Gasteiger partial charge < -0.3 is 18.6 Å². The van der Waals surface area contributed by atoms with Crippen molar-refractivity contribution in [2.75, 3.05) is 9.80 Å². The van der Waals surface area contributed by atoms with E-state index in [0.29, 0.717) is 0 Å². The van der Waals surface area contributed by atoms with Gasteiger partial charge in [-0.15, -0.1) is 0 Å². The molecule has 342 valence electrons. The lowest BCUT2D eigenvalue weighted by Crippen LogP contribution is -2.61. The van der Waals surface area contributed by atoms with Gasteiger partial charge in [-0.05, 0) is 152 Å². The maximum absolute atomic E-state index is 7.51. The molecule has 2 aromatic heterocycles. The normalized spacial score (nSPS) is 21.1. The number of anilines is 4. The van der Waals surface area contributed by atoms with E-state index in [-0.39, 0.29) is 45.2 Å². The average Bonchev–Trinajstić information content (AvgIpc) is 3.84. The van der Waals surface area contributed by atoms with Crippen LogP contribution in [0.3, 0.4) is 0 Å². The largest absolute Gasteiger partial charge is 0.468 e. The molecule has 12 rings (SSSR count). The first-order valence-electron chi connectivity index (χ1n) is 25.3. The van der Waals surface area contributed by atoms with Crippen LogP contribution in [0.15, 0.2) is 117 Å². The highest BCUT2D eigenvalue weighted by Crippen LogP contribution is 2.55. The summed E-state index contributed by atoms with van der Waals surface area (Å²) < 4.78 is 14.5. The van der Waals surface area contributed by atoms with Crippen molar-refractivity contribution in [3.05, 3.63) is 142 Å². The van der Waals surface area contributed by atoms with Crippen LogP contribution in [0.4, 0.5) is 22.7 Å². The van der Waals surface area contributed by atoms with E-state index in [1.807, 2.05) is 0 Å². The molecule has 0 spiro atoms. The highest BCUT2D eigenvalue weighted by atomic mass is 16.3. The summed E-state index contributed by atoms with van der Waals surface area (Å²) in [5.41, 5.74) is 21.5. The van der Waals surface area contributed by atoms with Gasteiger partial charge in [-0.25, -0.2) is 0 Å². The number of para-hydroxylation sites is 1. The minimum Gasteiger partial charge on any atom is -0.468 e. The first-order chi connectivity index (χ1) is 31.5. The van der Waals surface area contributed by atoms with E-state index >= 15 is 0 Å². The van der Waals surface area contributed by atoms with E-state index < -0.39 is 0 Å². The Morgan fingerprint density at radius 2 is 1.25 bits per heavy atom. The molecular formula is C62H69BN2O2. The standard InChI is InChI=1S/C62H69BN2O2/c1-57(2,3)36-24-27-50-39(32-36)54-56(67-50)63-45-34-43-44(62(13,14)31-30-61(43,11)12)35-49(45)64(37-25-26-40-42(33-37)60(9,10)29-28-59(40,7)8)47-21-16-22-48(53(47)63)65(54)46-20-17-23-51-52(46)38-18-15-19-41(55(38)66-51)58(4,5)6/h15-21,23-27,32-35,48H,22,28-31H2,1-14H3. The highest BCUT2D eigenvalue weighted by molar-refractivity contribution is 6.93. The van der Waals surface area contributed by atoms with E-state index in [1.165, 1.54) is 91.0 Å². The van der Waals surface area contributed by atoms with Gasteiger partial charge in [0.15, 0.2) is 0 Å². The predicted octanol–water partition coefficient (Wildman–Crippen LogP) is 15.7. The molecule has 0 N–H and O–H groups in total. The molecule has 4 nitrogen and oxygen atoms in total. The van der Waals surface area contributed by atoms with Crippen molar-refractivity contribution in [3.8, 4) is 0 Å². The topological polar surface area (TPSA) is 32.8 Å². The zero-order chi connectivity index (χ0) is 47.1. The summed E-state index contributed by atoms with van der Waals surface area (Å²) >= 11 is 0. The molecule has 1 atom stereocenters. The number of hydrogen-bond acceptors (Lipinski definition) is 4. The number of nitrogens with zero attached hydrogens (tertiary/aromatic N) is 2. The fourth-order valence-electron chi connectivity index (χ4n) is 13.2. The minimum absolute atomic E-state index is 0.0158. The van der Waals surface area contributed by atoms with Crippen LogP contribution < -0.4 is 20.9 Å². The van der Waals surface area contributed by atoms with Crippen LogP contribution in [0.2, 0.25) is 0 Å². The van der Waals surface area contributed by atoms with Gasteiger partial charge in [0.05, 0.1) is 28.5 Å². The molecule has 2 aliphatic heterocycles. The molecule has 3 aliphatic carbocycles. The summed E-state index contributed by atoms with van der Waals surface area (Å²) in [7, 11) is 0. The zero-order valence-electron chi connectivity index (χ0n) is 42.6. The molecule has 4 heterocycles. The summed E-state index contributed by atoms with van der Waals surface area (Å²) in [5.74, 6) is 0. The lowest BCUT2D eigenvalue weighted by molar-refractivity contribution is 0.332. The molecule has 67 heavy (non-hydrogen) atoms. The Balaban J connectivity index is 1.21. The van der Waals surface area contributed by atoms with Gasteiger partial charge in [0.25, 0.3) is 6.71 Å². The molecule has 5 heteroatoms. The van der Waals surface area contributed by atoms with Crippen LogP contribution in [0.1, 0.15) is 162 Å². The SMILES string of the molecule is CC(C)(C)c1ccc2oc3c(c2c1)N(c1cccc2oc4c(C(C)(C)C)cccc4c12)C1CC=CC2=C1B3c1cc3c(cc1N2c1ccc2c(c1)C(C)(C)CCC2(C)C)C(C)(C)CCC3(C)C. The van der Waals surface area contributed by atoms with Crippen molar-refractivity contribution in [1.82, 2.24) is 0 Å². The quantitative estimate of drug-likeness (QED) is 0.162. The second-order valence-electron chi connectivity index (χ2n) is 25.8. The van der Waals surface area contributed by atoms with Crippen molar-refractivity contribution < 1.29 is 8.83 Å². The molecule has 7 aromatic rings. The van der Waals surface area contributed by atoms with Gasteiger partial charge >= 0.3 is 0 Å². The third kappa shape index (κ3) is 6.10. The lowest BCUT2D eigenvalue weighted by Gasteiger charge is -2.50. The van der Waals surface area contributed by atoms with E-state index in [2.05, 4.69) is 204 Å². The van der Waals surface area contributed by atoms with Gasteiger partial charge in [-0.3, -0.25) is 0 Å². The molecule has 0 bridgehead atoms. The zero-order valence-corrected chi connectivity index (χ0v) is 42.6. The Kier molecular flexibility index (Phi) is 8.73. The molecule has 0 saturated heterocycles. The van der Waals surface area contributed by atoms with Crippen LogP contribution in [-0.2, 0) is 32.5 Å². The smallest absolute Gasteiger partial charge is 0.292 e. The van der Waals surface area contributed by atoms with E-state index in [9.17, 15) is 0 Å². The number of fused-ring (bicyclic) bond motifs is 11. The van der Waals surface area contributed by atoms with Crippen LogP contribution >= 0.6 is 0 Å². The molecule has 5 aromatic carbocycles. The van der Waals surface area contributed by atoms with Gasteiger partial charge in [0.2, 0.25) is 0 Å². The summed E-state index contributed by atoms with van der Waals surface area (Å²) in [6.45, 7) is 33.5. The van der Waals surface area contributed by atoms with Crippen molar-refractivity contribution in [1.29, 1.82) is 0 Å². The lowest BCUT2D eigenvalue weighted by atomic mass is 9.33. The average molecular weight is 885 g/mol. The first-order valence-corrected chi connectivity index (χ1v) is 25.3. The Labute approximate surface area is 399 Å². The third-order valence-corrected chi connectivity index (χ3v) is 17.4. The monoisotopic (exact) mass is 885 g/mol. The van der Waals surface area contributed by atoms with Crippen molar-refractivity contribution in [2.24, 2.45) is 0 Å². The number of hydrogen-bond donors (Lipinski definition) is 0. The second-order valence-corrected chi connectivity index (χ2v) is 25.8. The maximum atomic E-state index is 7.51. The van der Waals surface area contributed by atoms with Gasteiger partial charge in [-0.1, -0.05) is 145 Å². The molecule has 0 saturated carbocycles. The van der Waals surface area contributed by atoms with Crippen LogP contribution in [-0.4, -0.2) is 12.8 Å². The fraction of sp³-hybridized carbons (Fsp3) is 0.419. The van der Waals surface area contributed by atoms with Crippen molar-refractivity contribution in [2.45, 2.75) is 168 Å². The summed E-state index contributed by atoms with van der Waals surface area (Å²) in [4.78, 5) is 5.36. The molecule has 0 radical (unpaired) electrons. The van der Waals surface area contributed by atoms with E-state index in [1.54, 1.807) is 0 Å². The first kappa shape index (κ1) is 42.9. The molecular weight excluding hydrogens is 816 g/mol. The Bertz CT molecular complexity index is 3330. The molecule has 0 amide bonds. The Hall–Kier alpha value is -5.42. The molecule has 1 unspecified atom stereocenters. The molecule has 5 aliphatic rings. The summed E-state index contributed by atoms with van der Waals surface area (Å²) in [5, 5.41) is 3.51. The Morgan fingerprint density at radius 3 is 1.94 bits per heavy atom. The van der Waals surface area contributed by atoms with Crippen LogP contribution in [0.25, 0.3) is 32.9 Å².